The van der Waals surface area contributed by atoms with Gasteiger partial charge in [0.2, 0.25) is 0 Å². The molecule has 1 aliphatic rings. The molecule has 0 saturated heterocycles. The van der Waals surface area contributed by atoms with E-state index < -0.39 is 4.92 Å². The van der Waals surface area contributed by atoms with Crippen LogP contribution in [0.5, 0.6) is 0 Å². The lowest BCUT2D eigenvalue weighted by molar-refractivity contribution is -0.385. The van der Waals surface area contributed by atoms with Gasteiger partial charge in [0.05, 0.1) is 17.2 Å². The van der Waals surface area contributed by atoms with Crippen LogP contribution in [0, 0.1) is 10.1 Å². The molecule has 0 fully saturated rings. The normalized spacial score (nSPS) is 15.9. The van der Waals surface area contributed by atoms with Crippen LogP contribution >= 0.6 is 11.8 Å². The number of pyridine rings is 2. The molecule has 3 aromatic rings. The van der Waals surface area contributed by atoms with Crippen molar-refractivity contribution in [3.8, 4) is 11.4 Å². The zero-order chi connectivity index (χ0) is 17.4. The SMILES string of the molecule is O=c1ccc([N+](=O)[O-])cn1CC1CSc2nnc(-c3cccnc3)n21. The minimum absolute atomic E-state index is 0.0788. The van der Waals surface area contributed by atoms with Crippen molar-refractivity contribution < 1.29 is 4.92 Å². The molecule has 9 nitrogen and oxygen atoms in total. The van der Waals surface area contributed by atoms with E-state index in [0.717, 1.165) is 10.7 Å². The standard InChI is InChI=1S/C15H12N6O3S/c22-13-4-3-11(21(23)24)7-19(13)8-12-9-25-15-18-17-14(20(12)15)10-2-1-5-16-6-10/h1-7,12H,8-9H2. The van der Waals surface area contributed by atoms with Gasteiger partial charge in [0.15, 0.2) is 11.0 Å². The number of thioether (sulfide) groups is 1. The number of aromatic nitrogens is 5. The lowest BCUT2D eigenvalue weighted by Crippen LogP contribution is -2.25. The van der Waals surface area contributed by atoms with Gasteiger partial charge in [0.1, 0.15) is 0 Å². The number of nitrogens with zero attached hydrogens (tertiary/aromatic N) is 6. The average molecular weight is 356 g/mol. The van der Waals surface area contributed by atoms with Crippen LogP contribution in [0.1, 0.15) is 6.04 Å². The van der Waals surface area contributed by atoms with Gasteiger partial charge in [-0.2, -0.15) is 0 Å². The fourth-order valence-corrected chi connectivity index (χ4v) is 3.84. The molecule has 0 bridgehead atoms. The van der Waals surface area contributed by atoms with Gasteiger partial charge in [0, 0.05) is 42.4 Å². The van der Waals surface area contributed by atoms with Gasteiger partial charge in [0.25, 0.3) is 11.2 Å². The number of nitro groups is 1. The second kappa shape index (κ2) is 6.13. The Morgan fingerprint density at radius 1 is 1.32 bits per heavy atom. The molecule has 3 aromatic heterocycles. The van der Waals surface area contributed by atoms with E-state index in [4.69, 9.17) is 0 Å². The second-order valence-electron chi connectivity index (χ2n) is 5.52. The molecule has 0 N–H and O–H groups in total. The first-order chi connectivity index (χ1) is 12.1. The molecule has 1 aliphatic heterocycles. The topological polar surface area (TPSA) is 109 Å². The van der Waals surface area contributed by atoms with Crippen molar-refractivity contribution in [3.63, 3.8) is 0 Å². The van der Waals surface area contributed by atoms with Crippen molar-refractivity contribution in [1.29, 1.82) is 0 Å². The van der Waals surface area contributed by atoms with Gasteiger partial charge in [-0.1, -0.05) is 11.8 Å². The van der Waals surface area contributed by atoms with E-state index in [-0.39, 0.29) is 17.3 Å². The van der Waals surface area contributed by atoms with Gasteiger partial charge in [-0.05, 0) is 12.1 Å². The molecule has 126 valence electrons. The van der Waals surface area contributed by atoms with Crippen LogP contribution in [-0.4, -0.2) is 35.0 Å². The van der Waals surface area contributed by atoms with Crippen molar-refractivity contribution in [2.24, 2.45) is 0 Å². The molecule has 25 heavy (non-hydrogen) atoms. The third-order valence-corrected chi connectivity index (χ3v) is 5.03. The van der Waals surface area contributed by atoms with E-state index in [1.54, 1.807) is 24.2 Å². The molecule has 4 heterocycles. The smallest absolute Gasteiger partial charge is 0.285 e. The molecule has 0 saturated carbocycles. The highest BCUT2D eigenvalue weighted by Crippen LogP contribution is 2.36. The molecular formula is C15H12N6O3S. The summed E-state index contributed by atoms with van der Waals surface area (Å²) in [6.07, 6.45) is 4.66. The molecule has 4 rings (SSSR count). The summed E-state index contributed by atoms with van der Waals surface area (Å²) in [7, 11) is 0. The lowest BCUT2D eigenvalue weighted by atomic mass is 10.2. The summed E-state index contributed by atoms with van der Waals surface area (Å²) >= 11 is 1.55. The number of fused-ring (bicyclic) bond motifs is 1. The quantitative estimate of drug-likeness (QED) is 0.517. The van der Waals surface area contributed by atoms with Gasteiger partial charge >= 0.3 is 0 Å². The second-order valence-corrected chi connectivity index (χ2v) is 6.50. The van der Waals surface area contributed by atoms with E-state index in [0.29, 0.717) is 18.1 Å². The largest absolute Gasteiger partial charge is 0.307 e. The first kappa shape index (κ1) is 15.5. The lowest BCUT2D eigenvalue weighted by Gasteiger charge is -2.15. The Kier molecular flexibility index (Phi) is 3.80. The first-order valence-corrected chi connectivity index (χ1v) is 8.45. The van der Waals surface area contributed by atoms with Crippen LogP contribution < -0.4 is 5.56 Å². The molecule has 0 aromatic carbocycles. The van der Waals surface area contributed by atoms with Crippen LogP contribution in [0.3, 0.4) is 0 Å². The minimum atomic E-state index is -0.509. The molecule has 0 amide bonds. The van der Waals surface area contributed by atoms with Crippen molar-refractivity contribution >= 4 is 17.4 Å². The maximum atomic E-state index is 12.1. The summed E-state index contributed by atoms with van der Waals surface area (Å²) < 4.78 is 3.33. The monoisotopic (exact) mass is 356 g/mol. The molecular weight excluding hydrogens is 344 g/mol. The summed E-state index contributed by atoms with van der Waals surface area (Å²) in [4.78, 5) is 26.6. The third-order valence-electron chi connectivity index (χ3n) is 3.94. The molecule has 0 aliphatic carbocycles. The predicted molar refractivity (Wildman–Crippen MR) is 90.4 cm³/mol. The number of hydrogen-bond donors (Lipinski definition) is 0. The van der Waals surface area contributed by atoms with Gasteiger partial charge in [-0.15, -0.1) is 10.2 Å². The number of hydrogen-bond acceptors (Lipinski definition) is 7. The predicted octanol–water partition coefficient (Wildman–Crippen LogP) is 1.76. The van der Waals surface area contributed by atoms with Gasteiger partial charge in [-0.25, -0.2) is 0 Å². The van der Waals surface area contributed by atoms with E-state index in [1.165, 1.54) is 22.9 Å². The van der Waals surface area contributed by atoms with Crippen molar-refractivity contribution in [2.75, 3.05) is 5.75 Å². The summed E-state index contributed by atoms with van der Waals surface area (Å²) in [5, 5.41) is 20.1. The highest BCUT2D eigenvalue weighted by Gasteiger charge is 2.29. The summed E-state index contributed by atoms with van der Waals surface area (Å²) in [5.74, 6) is 1.39. The first-order valence-electron chi connectivity index (χ1n) is 7.46. The molecule has 10 heteroatoms. The summed E-state index contributed by atoms with van der Waals surface area (Å²) in [6, 6.07) is 6.07. The van der Waals surface area contributed by atoms with E-state index in [2.05, 4.69) is 15.2 Å². The molecule has 0 spiro atoms. The zero-order valence-corrected chi connectivity index (χ0v) is 13.7. The zero-order valence-electron chi connectivity index (χ0n) is 12.8. The Morgan fingerprint density at radius 2 is 2.20 bits per heavy atom. The highest BCUT2D eigenvalue weighted by atomic mass is 32.2. The Balaban J connectivity index is 1.70. The Morgan fingerprint density at radius 3 is 2.96 bits per heavy atom. The van der Waals surface area contributed by atoms with Gasteiger partial charge < -0.3 is 4.57 Å². The van der Waals surface area contributed by atoms with Crippen LogP contribution in [0.25, 0.3) is 11.4 Å². The summed E-state index contributed by atoms with van der Waals surface area (Å²) in [6.45, 7) is 0.311. The van der Waals surface area contributed by atoms with Crippen molar-refractivity contribution in [2.45, 2.75) is 17.7 Å². The van der Waals surface area contributed by atoms with Gasteiger partial charge in [-0.3, -0.25) is 24.5 Å². The molecule has 0 radical (unpaired) electrons. The Hall–Kier alpha value is -3.01. The molecule has 1 atom stereocenters. The average Bonchev–Trinajstić information content (AvgIpc) is 3.20. The van der Waals surface area contributed by atoms with Crippen LogP contribution in [0.15, 0.2) is 52.8 Å². The Bertz CT molecular complexity index is 1000. The maximum absolute atomic E-state index is 12.1. The van der Waals surface area contributed by atoms with Crippen LogP contribution in [-0.2, 0) is 6.54 Å². The fourth-order valence-electron chi connectivity index (χ4n) is 2.77. The fraction of sp³-hybridized carbons (Fsp3) is 0.200. The third kappa shape index (κ3) is 2.80. The number of rotatable bonds is 4. The van der Waals surface area contributed by atoms with Crippen LogP contribution in [0.4, 0.5) is 5.69 Å². The van der Waals surface area contributed by atoms with E-state index in [1.807, 2.05) is 16.7 Å². The van der Waals surface area contributed by atoms with Crippen molar-refractivity contribution in [1.82, 2.24) is 24.3 Å². The maximum Gasteiger partial charge on any atom is 0.285 e. The van der Waals surface area contributed by atoms with E-state index >= 15 is 0 Å². The Labute approximate surface area is 145 Å². The molecule has 1 unspecified atom stereocenters. The summed E-state index contributed by atoms with van der Waals surface area (Å²) in [5.41, 5.74) is 0.446. The minimum Gasteiger partial charge on any atom is -0.307 e. The van der Waals surface area contributed by atoms with Crippen molar-refractivity contribution in [3.05, 3.63) is 63.3 Å². The van der Waals surface area contributed by atoms with Crippen LogP contribution in [0.2, 0.25) is 0 Å². The van der Waals surface area contributed by atoms with E-state index in [9.17, 15) is 14.9 Å². The highest BCUT2D eigenvalue weighted by molar-refractivity contribution is 7.99.